The van der Waals surface area contributed by atoms with Gasteiger partial charge in [-0.15, -0.1) is 0 Å². The van der Waals surface area contributed by atoms with Crippen LogP contribution in [-0.4, -0.2) is 30.8 Å². The van der Waals surface area contributed by atoms with Crippen LogP contribution in [0.25, 0.3) is 0 Å². The Hall–Kier alpha value is -0.610. The summed E-state index contributed by atoms with van der Waals surface area (Å²) in [5.41, 5.74) is 5.30. The third-order valence-electron chi connectivity index (χ3n) is 1.91. The molecule has 4 heteroatoms. The zero-order chi connectivity index (χ0) is 10.1. The van der Waals surface area contributed by atoms with E-state index in [-0.39, 0.29) is 5.92 Å². The lowest BCUT2D eigenvalue weighted by Gasteiger charge is -2.10. The molecule has 0 spiro atoms. The Morgan fingerprint density at radius 1 is 1.54 bits per heavy atom. The van der Waals surface area contributed by atoms with Crippen molar-refractivity contribution in [2.24, 2.45) is 11.7 Å². The normalized spacial score (nSPS) is 12.8. The lowest BCUT2D eigenvalue weighted by molar-refractivity contribution is -0.142. The van der Waals surface area contributed by atoms with Crippen molar-refractivity contribution < 1.29 is 14.6 Å². The first-order valence-electron chi connectivity index (χ1n) is 4.73. The van der Waals surface area contributed by atoms with Crippen LogP contribution in [0.1, 0.15) is 26.2 Å². The van der Waals surface area contributed by atoms with Gasteiger partial charge >= 0.3 is 5.97 Å². The second-order valence-electron chi connectivity index (χ2n) is 2.95. The standard InChI is InChI=1S/C9H19NO3/c1-2-13-7-3-4-8(5-6-10)9(11)12/h8H,2-7,10H2,1H3,(H,11,12). The molecule has 0 amide bonds. The lowest BCUT2D eigenvalue weighted by Crippen LogP contribution is -2.18. The van der Waals surface area contributed by atoms with Crippen molar-refractivity contribution in [3.63, 3.8) is 0 Å². The smallest absolute Gasteiger partial charge is 0.306 e. The van der Waals surface area contributed by atoms with Crippen LogP contribution in [0.5, 0.6) is 0 Å². The molecule has 4 nitrogen and oxygen atoms in total. The van der Waals surface area contributed by atoms with E-state index >= 15 is 0 Å². The van der Waals surface area contributed by atoms with Crippen LogP contribution < -0.4 is 5.73 Å². The summed E-state index contributed by atoms with van der Waals surface area (Å²) < 4.78 is 5.12. The van der Waals surface area contributed by atoms with Crippen LogP contribution in [0.3, 0.4) is 0 Å². The molecule has 0 aliphatic rings. The van der Waals surface area contributed by atoms with E-state index in [4.69, 9.17) is 15.6 Å². The van der Waals surface area contributed by atoms with E-state index in [2.05, 4.69) is 0 Å². The van der Waals surface area contributed by atoms with Crippen molar-refractivity contribution in [1.29, 1.82) is 0 Å². The molecule has 0 heterocycles. The molecule has 0 fully saturated rings. The highest BCUT2D eigenvalue weighted by molar-refractivity contribution is 5.69. The Morgan fingerprint density at radius 2 is 2.23 bits per heavy atom. The molecule has 3 N–H and O–H groups in total. The quantitative estimate of drug-likeness (QED) is 0.555. The number of hydrogen-bond donors (Lipinski definition) is 2. The van der Waals surface area contributed by atoms with Crippen molar-refractivity contribution in [2.45, 2.75) is 26.2 Å². The van der Waals surface area contributed by atoms with E-state index in [0.29, 0.717) is 32.6 Å². The molecule has 0 bridgehead atoms. The maximum Gasteiger partial charge on any atom is 0.306 e. The van der Waals surface area contributed by atoms with E-state index in [1.165, 1.54) is 0 Å². The highest BCUT2D eigenvalue weighted by Crippen LogP contribution is 2.10. The summed E-state index contributed by atoms with van der Waals surface area (Å²) in [4.78, 5) is 10.7. The third kappa shape index (κ3) is 6.54. The minimum Gasteiger partial charge on any atom is -0.481 e. The highest BCUT2D eigenvalue weighted by Gasteiger charge is 2.15. The fraction of sp³-hybridized carbons (Fsp3) is 0.889. The first kappa shape index (κ1) is 12.4. The second kappa shape index (κ2) is 8.01. The van der Waals surface area contributed by atoms with Crippen molar-refractivity contribution in [3.8, 4) is 0 Å². The third-order valence-corrected chi connectivity index (χ3v) is 1.91. The molecule has 0 saturated carbocycles. The Balaban J connectivity index is 3.51. The summed E-state index contributed by atoms with van der Waals surface area (Å²) in [6.07, 6.45) is 2.01. The number of carboxylic acids is 1. The fourth-order valence-corrected chi connectivity index (χ4v) is 1.17. The summed E-state index contributed by atoms with van der Waals surface area (Å²) in [6, 6.07) is 0. The molecule has 78 valence electrons. The Labute approximate surface area is 79.1 Å². The zero-order valence-corrected chi connectivity index (χ0v) is 8.16. The molecule has 1 unspecified atom stereocenters. The molecule has 0 aliphatic heterocycles. The maximum atomic E-state index is 10.7. The van der Waals surface area contributed by atoms with E-state index in [1.54, 1.807) is 0 Å². The first-order chi connectivity index (χ1) is 6.22. The molecular weight excluding hydrogens is 170 g/mol. The zero-order valence-electron chi connectivity index (χ0n) is 8.16. The monoisotopic (exact) mass is 189 g/mol. The van der Waals surface area contributed by atoms with E-state index in [9.17, 15) is 4.79 Å². The summed E-state index contributed by atoms with van der Waals surface area (Å²) in [5, 5.41) is 8.76. The van der Waals surface area contributed by atoms with Gasteiger partial charge in [0.15, 0.2) is 0 Å². The molecule has 13 heavy (non-hydrogen) atoms. The number of ether oxygens (including phenoxy) is 1. The number of nitrogens with two attached hydrogens (primary N) is 1. The van der Waals surface area contributed by atoms with Crippen LogP contribution in [0.4, 0.5) is 0 Å². The van der Waals surface area contributed by atoms with Gasteiger partial charge in [-0.25, -0.2) is 0 Å². The van der Waals surface area contributed by atoms with Crippen LogP contribution in [0.2, 0.25) is 0 Å². The van der Waals surface area contributed by atoms with Gasteiger partial charge in [-0.1, -0.05) is 0 Å². The van der Waals surface area contributed by atoms with Gasteiger partial charge in [0.05, 0.1) is 5.92 Å². The van der Waals surface area contributed by atoms with Crippen molar-refractivity contribution >= 4 is 5.97 Å². The fourth-order valence-electron chi connectivity index (χ4n) is 1.17. The van der Waals surface area contributed by atoms with Crippen LogP contribution in [0, 0.1) is 5.92 Å². The van der Waals surface area contributed by atoms with Gasteiger partial charge in [0, 0.05) is 13.2 Å². The van der Waals surface area contributed by atoms with Gasteiger partial charge in [-0.05, 0) is 32.7 Å². The predicted molar refractivity (Wildman–Crippen MR) is 50.5 cm³/mol. The number of carboxylic acid groups (broad SMARTS) is 1. The van der Waals surface area contributed by atoms with Gasteiger partial charge < -0.3 is 15.6 Å². The molecule has 0 aromatic heterocycles. The molecule has 0 aromatic carbocycles. The van der Waals surface area contributed by atoms with Gasteiger partial charge in [0.25, 0.3) is 0 Å². The number of rotatable bonds is 8. The van der Waals surface area contributed by atoms with Gasteiger partial charge in [0.2, 0.25) is 0 Å². The highest BCUT2D eigenvalue weighted by atomic mass is 16.5. The van der Waals surface area contributed by atoms with Gasteiger partial charge in [0.1, 0.15) is 0 Å². The van der Waals surface area contributed by atoms with Crippen molar-refractivity contribution in [1.82, 2.24) is 0 Å². The summed E-state index contributed by atoms with van der Waals surface area (Å²) in [6.45, 7) is 3.69. The molecule has 0 aromatic rings. The Kier molecular flexibility index (Phi) is 7.63. The van der Waals surface area contributed by atoms with Gasteiger partial charge in [-0.3, -0.25) is 4.79 Å². The van der Waals surface area contributed by atoms with Crippen LogP contribution >= 0.6 is 0 Å². The Bertz CT molecular complexity index is 139. The molecular formula is C9H19NO3. The minimum absolute atomic E-state index is 0.301. The lowest BCUT2D eigenvalue weighted by atomic mass is 10.00. The first-order valence-corrected chi connectivity index (χ1v) is 4.73. The predicted octanol–water partition coefficient (Wildman–Crippen LogP) is 0.853. The Morgan fingerprint density at radius 3 is 2.69 bits per heavy atom. The van der Waals surface area contributed by atoms with E-state index in [1.807, 2.05) is 6.92 Å². The summed E-state index contributed by atoms with van der Waals surface area (Å²) in [5.74, 6) is -1.05. The number of aliphatic carboxylic acids is 1. The van der Waals surface area contributed by atoms with Crippen molar-refractivity contribution in [3.05, 3.63) is 0 Å². The molecule has 1 atom stereocenters. The topological polar surface area (TPSA) is 72.5 Å². The van der Waals surface area contributed by atoms with Crippen LogP contribution in [-0.2, 0) is 9.53 Å². The summed E-state index contributed by atoms with van der Waals surface area (Å²) >= 11 is 0. The molecule has 0 aliphatic carbocycles. The summed E-state index contributed by atoms with van der Waals surface area (Å²) in [7, 11) is 0. The van der Waals surface area contributed by atoms with Gasteiger partial charge in [-0.2, -0.15) is 0 Å². The average Bonchev–Trinajstić information content (AvgIpc) is 2.10. The maximum absolute atomic E-state index is 10.7. The number of carbonyl (C=O) groups is 1. The number of hydrogen-bond acceptors (Lipinski definition) is 3. The largest absolute Gasteiger partial charge is 0.481 e. The molecule has 0 saturated heterocycles. The van der Waals surface area contributed by atoms with Crippen molar-refractivity contribution in [2.75, 3.05) is 19.8 Å². The molecule has 0 rings (SSSR count). The average molecular weight is 189 g/mol. The molecule has 0 radical (unpaired) electrons. The van der Waals surface area contributed by atoms with E-state index < -0.39 is 5.97 Å². The SMILES string of the molecule is CCOCCCC(CCN)C(=O)O. The minimum atomic E-state index is -0.748. The second-order valence-corrected chi connectivity index (χ2v) is 2.95. The van der Waals surface area contributed by atoms with E-state index in [0.717, 1.165) is 6.42 Å². The van der Waals surface area contributed by atoms with Crippen LogP contribution in [0.15, 0.2) is 0 Å².